The van der Waals surface area contributed by atoms with Gasteiger partial charge in [0.1, 0.15) is 0 Å². The van der Waals surface area contributed by atoms with Crippen molar-refractivity contribution in [3.05, 3.63) is 11.0 Å². The summed E-state index contributed by atoms with van der Waals surface area (Å²) in [5.74, 6) is -0.952. The predicted octanol–water partition coefficient (Wildman–Crippen LogP) is 0.658. The van der Waals surface area contributed by atoms with Crippen LogP contribution >= 0.6 is 11.8 Å². The fraction of sp³-hybridized carbons (Fsp3) is 0.333. The summed E-state index contributed by atoms with van der Waals surface area (Å²) in [6.45, 7) is 3.58. The molecule has 1 rings (SSSR count). The van der Waals surface area contributed by atoms with Gasteiger partial charge in [0.15, 0.2) is 5.17 Å². The Balaban J connectivity index is 2.79. The fourth-order valence-electron chi connectivity index (χ4n) is 0.787. The highest BCUT2D eigenvalue weighted by atomic mass is 32.2. The number of hydrogen-bond acceptors (Lipinski definition) is 6. The summed E-state index contributed by atoms with van der Waals surface area (Å²) in [6, 6.07) is 0. The number of thioether (sulfide) groups is 1. The van der Waals surface area contributed by atoms with Gasteiger partial charge in [0.2, 0.25) is 0 Å². The topological polar surface area (TPSA) is 80.1 Å². The summed E-state index contributed by atoms with van der Waals surface area (Å²) in [5.41, 5.74) is 0.771. The highest BCUT2D eigenvalue weighted by molar-refractivity contribution is 8.18. The predicted molar refractivity (Wildman–Crippen MR) is 62.1 cm³/mol. The molecule has 1 saturated heterocycles. The van der Waals surface area contributed by atoms with Crippen molar-refractivity contribution >= 4 is 34.5 Å². The van der Waals surface area contributed by atoms with Crippen molar-refractivity contribution in [1.29, 1.82) is 0 Å². The number of carbonyl (C=O) groups is 2. The van der Waals surface area contributed by atoms with Gasteiger partial charge < -0.3 is 4.74 Å². The summed E-state index contributed by atoms with van der Waals surface area (Å²) in [7, 11) is 1.25. The zero-order valence-corrected chi connectivity index (χ0v) is 9.92. The lowest BCUT2D eigenvalue weighted by Crippen LogP contribution is -2.19. The third-order valence-electron chi connectivity index (χ3n) is 1.44. The van der Waals surface area contributed by atoms with E-state index in [0.717, 1.165) is 23.5 Å². The van der Waals surface area contributed by atoms with Crippen LogP contribution < -0.4 is 5.32 Å². The van der Waals surface area contributed by atoms with Gasteiger partial charge in [-0.3, -0.25) is 10.1 Å². The molecule has 1 N–H and O–H groups in total. The van der Waals surface area contributed by atoms with E-state index in [1.54, 1.807) is 13.8 Å². The van der Waals surface area contributed by atoms with Gasteiger partial charge in [0.25, 0.3) is 5.91 Å². The second-order valence-corrected chi connectivity index (χ2v) is 4.07. The minimum atomic E-state index is -0.575. The van der Waals surface area contributed by atoms with Gasteiger partial charge in [-0.2, -0.15) is 5.10 Å². The van der Waals surface area contributed by atoms with Gasteiger partial charge in [-0.15, -0.1) is 5.10 Å². The molecule has 0 saturated carbocycles. The Bertz CT molecular complexity index is 408. The van der Waals surface area contributed by atoms with Crippen LogP contribution in [0.2, 0.25) is 0 Å². The average Bonchev–Trinajstić information content (AvgIpc) is 2.56. The first-order chi connectivity index (χ1) is 7.52. The summed E-state index contributed by atoms with van der Waals surface area (Å²) < 4.78 is 4.42. The van der Waals surface area contributed by atoms with E-state index in [1.165, 1.54) is 7.11 Å². The number of esters is 1. The summed E-state index contributed by atoms with van der Waals surface area (Å²) >= 11 is 1.05. The molecular weight excluding hydrogens is 230 g/mol. The lowest BCUT2D eigenvalue weighted by Gasteiger charge is -1.90. The quantitative estimate of drug-likeness (QED) is 0.333. The van der Waals surface area contributed by atoms with Gasteiger partial charge in [-0.1, -0.05) is 0 Å². The van der Waals surface area contributed by atoms with Crippen LogP contribution in [0.5, 0.6) is 0 Å². The molecule has 16 heavy (non-hydrogen) atoms. The van der Waals surface area contributed by atoms with Crippen molar-refractivity contribution in [2.75, 3.05) is 7.11 Å². The molecule has 0 aromatic carbocycles. The van der Waals surface area contributed by atoms with Crippen LogP contribution in [0.15, 0.2) is 21.2 Å². The van der Waals surface area contributed by atoms with Crippen molar-refractivity contribution in [3.8, 4) is 0 Å². The van der Waals surface area contributed by atoms with Gasteiger partial charge in [-0.05, 0) is 25.6 Å². The molecule has 1 aliphatic rings. The van der Waals surface area contributed by atoms with E-state index in [1.807, 2.05) is 0 Å². The smallest absolute Gasteiger partial charge is 0.331 e. The monoisotopic (exact) mass is 241 g/mol. The molecule has 0 atom stereocenters. The summed E-state index contributed by atoms with van der Waals surface area (Å²) in [4.78, 5) is 22.5. The van der Waals surface area contributed by atoms with E-state index in [0.29, 0.717) is 5.17 Å². The van der Waals surface area contributed by atoms with E-state index in [4.69, 9.17) is 0 Å². The van der Waals surface area contributed by atoms with Crippen LogP contribution in [-0.2, 0) is 14.3 Å². The van der Waals surface area contributed by atoms with E-state index in [2.05, 4.69) is 20.3 Å². The fourth-order valence-corrected chi connectivity index (χ4v) is 1.52. The summed E-state index contributed by atoms with van der Waals surface area (Å²) in [5, 5.41) is 10.4. The lowest BCUT2D eigenvalue weighted by molar-refractivity contribution is -0.135. The van der Waals surface area contributed by atoms with Crippen molar-refractivity contribution in [2.24, 2.45) is 10.2 Å². The van der Waals surface area contributed by atoms with Crippen molar-refractivity contribution in [3.63, 3.8) is 0 Å². The molecule has 7 heteroatoms. The van der Waals surface area contributed by atoms with Crippen LogP contribution in [0, 0.1) is 0 Å². The van der Waals surface area contributed by atoms with Crippen molar-refractivity contribution in [2.45, 2.75) is 13.8 Å². The molecular formula is C9H11N3O3S. The molecule has 1 amide bonds. The maximum Gasteiger partial charge on any atom is 0.331 e. The number of amidine groups is 1. The Morgan fingerprint density at radius 2 is 2.19 bits per heavy atom. The van der Waals surface area contributed by atoms with Gasteiger partial charge in [0, 0.05) is 11.8 Å². The number of nitrogens with one attached hydrogen (secondary N) is 1. The number of carbonyl (C=O) groups excluding carboxylic acids is 2. The van der Waals surface area contributed by atoms with E-state index in [-0.39, 0.29) is 10.8 Å². The number of methoxy groups -OCH3 is 1. The number of nitrogens with zero attached hydrogens (tertiary/aromatic N) is 2. The molecule has 0 aromatic heterocycles. The van der Waals surface area contributed by atoms with Crippen LogP contribution in [0.25, 0.3) is 0 Å². The highest BCUT2D eigenvalue weighted by Crippen LogP contribution is 2.23. The first-order valence-corrected chi connectivity index (χ1v) is 5.22. The zero-order chi connectivity index (χ0) is 12.1. The molecule has 0 unspecified atom stereocenters. The van der Waals surface area contributed by atoms with Crippen molar-refractivity contribution < 1.29 is 14.3 Å². The molecule has 86 valence electrons. The molecule has 1 aliphatic heterocycles. The molecule has 0 aliphatic carbocycles. The van der Waals surface area contributed by atoms with Crippen molar-refractivity contribution in [1.82, 2.24) is 5.32 Å². The third-order valence-corrected chi connectivity index (χ3v) is 2.34. The molecule has 6 nitrogen and oxygen atoms in total. The Labute approximate surface area is 96.8 Å². The van der Waals surface area contributed by atoms with E-state index >= 15 is 0 Å². The van der Waals surface area contributed by atoms with Gasteiger partial charge >= 0.3 is 5.97 Å². The van der Waals surface area contributed by atoms with Crippen LogP contribution in [0.3, 0.4) is 0 Å². The molecule has 1 fully saturated rings. The van der Waals surface area contributed by atoms with Gasteiger partial charge in [-0.25, -0.2) is 4.79 Å². The Kier molecular flexibility index (Phi) is 4.24. The molecule has 0 aromatic rings. The number of amides is 1. The third kappa shape index (κ3) is 3.50. The maximum atomic E-state index is 11.3. The number of ether oxygens (including phenoxy) is 1. The SMILES string of the molecule is COC(=O)C=C1S/C(=N\N=C(C)C)NC1=O. The normalized spacial score (nSPS) is 19.8. The first-order valence-electron chi connectivity index (χ1n) is 4.40. The Morgan fingerprint density at radius 3 is 2.75 bits per heavy atom. The minimum Gasteiger partial charge on any atom is -0.466 e. The van der Waals surface area contributed by atoms with E-state index < -0.39 is 5.97 Å². The second kappa shape index (κ2) is 5.45. The molecule has 1 heterocycles. The minimum absolute atomic E-state index is 0.245. The largest absolute Gasteiger partial charge is 0.466 e. The number of rotatable bonds is 2. The van der Waals surface area contributed by atoms with Crippen LogP contribution in [-0.4, -0.2) is 29.9 Å². The zero-order valence-electron chi connectivity index (χ0n) is 9.10. The average molecular weight is 241 g/mol. The van der Waals surface area contributed by atoms with Gasteiger partial charge in [0.05, 0.1) is 12.0 Å². The van der Waals surface area contributed by atoms with E-state index in [9.17, 15) is 9.59 Å². The standard InChI is InChI=1S/C9H11N3O3S/c1-5(2)11-12-9-10-8(14)6(16-9)4-7(13)15-3/h4H,1-3H3,(H,10,12,14). The second-order valence-electron chi connectivity index (χ2n) is 3.04. The van der Waals surface area contributed by atoms with Crippen LogP contribution in [0.4, 0.5) is 0 Å². The van der Waals surface area contributed by atoms with Crippen LogP contribution in [0.1, 0.15) is 13.8 Å². The number of hydrogen-bond donors (Lipinski definition) is 1. The Hall–Kier alpha value is -1.63. The molecule has 0 spiro atoms. The highest BCUT2D eigenvalue weighted by Gasteiger charge is 2.24. The molecule has 0 bridgehead atoms. The molecule has 0 radical (unpaired) electrons. The first kappa shape index (κ1) is 12.4. The maximum absolute atomic E-state index is 11.3. The summed E-state index contributed by atoms with van der Waals surface area (Å²) in [6.07, 6.45) is 1.12. The Morgan fingerprint density at radius 1 is 1.50 bits per heavy atom. The lowest BCUT2D eigenvalue weighted by atomic mass is 10.4.